The SMILES string of the molecule is CC(NC(=O)c1ccc2c(c1)OCCN2Cc1ccccc1-c1ccc(C(=O)O)cc1)c1ccc2ccccc2c1. The molecule has 0 radical (unpaired) electrons. The number of nitrogens with one attached hydrogen (secondary N) is 1. The van der Waals surface area contributed by atoms with Crippen LogP contribution in [-0.4, -0.2) is 30.1 Å². The van der Waals surface area contributed by atoms with Crippen LogP contribution in [-0.2, 0) is 6.54 Å². The zero-order valence-electron chi connectivity index (χ0n) is 22.7. The summed E-state index contributed by atoms with van der Waals surface area (Å²) in [6, 6.07) is 35.0. The highest BCUT2D eigenvalue weighted by Crippen LogP contribution is 2.35. The van der Waals surface area contributed by atoms with E-state index in [1.54, 1.807) is 12.1 Å². The summed E-state index contributed by atoms with van der Waals surface area (Å²) < 4.78 is 5.99. The van der Waals surface area contributed by atoms with Gasteiger partial charge < -0.3 is 20.1 Å². The van der Waals surface area contributed by atoms with Crippen molar-refractivity contribution in [3.05, 3.63) is 131 Å². The first-order valence-corrected chi connectivity index (χ1v) is 13.7. The molecule has 0 spiro atoms. The number of nitrogens with zero attached hydrogens (tertiary/aromatic N) is 1. The summed E-state index contributed by atoms with van der Waals surface area (Å²) in [4.78, 5) is 26.7. The van der Waals surface area contributed by atoms with E-state index in [-0.39, 0.29) is 17.5 Å². The van der Waals surface area contributed by atoms with Gasteiger partial charge in [0, 0.05) is 12.1 Å². The molecule has 6 rings (SSSR count). The Labute approximate surface area is 238 Å². The lowest BCUT2D eigenvalue weighted by molar-refractivity contribution is 0.0696. The van der Waals surface area contributed by atoms with Crippen LogP contribution in [0.4, 0.5) is 5.69 Å². The van der Waals surface area contributed by atoms with Crippen molar-refractivity contribution < 1.29 is 19.4 Å². The van der Waals surface area contributed by atoms with Crippen LogP contribution >= 0.6 is 0 Å². The number of benzene rings is 5. The molecular weight excluding hydrogens is 512 g/mol. The van der Waals surface area contributed by atoms with Crippen molar-refractivity contribution in [1.29, 1.82) is 0 Å². The van der Waals surface area contributed by atoms with Gasteiger partial charge >= 0.3 is 5.97 Å². The van der Waals surface area contributed by atoms with Crippen LogP contribution < -0.4 is 15.0 Å². The molecule has 5 aromatic carbocycles. The van der Waals surface area contributed by atoms with Crippen molar-refractivity contribution in [3.8, 4) is 16.9 Å². The van der Waals surface area contributed by atoms with Crippen LogP contribution in [0.3, 0.4) is 0 Å². The van der Waals surface area contributed by atoms with Crippen LogP contribution in [0.15, 0.2) is 109 Å². The average Bonchev–Trinajstić information content (AvgIpc) is 3.01. The molecule has 1 amide bonds. The highest BCUT2D eigenvalue weighted by molar-refractivity contribution is 5.96. The Hall–Kier alpha value is -5.10. The number of anilines is 1. The maximum absolute atomic E-state index is 13.2. The summed E-state index contributed by atoms with van der Waals surface area (Å²) in [5.74, 6) is -0.402. The standard InChI is InChI=1S/C35H30N2O4/c1-23(27-15-10-24-6-2-3-7-28(24)20-27)36-34(38)29-16-17-32-33(21-29)41-19-18-37(32)22-30-8-4-5-9-31(30)25-11-13-26(14-12-25)35(39)40/h2-17,20-21,23H,18-19,22H2,1H3,(H,36,38)(H,39,40). The van der Waals surface area contributed by atoms with Crippen molar-refractivity contribution in [2.75, 3.05) is 18.1 Å². The number of rotatable bonds is 7. The van der Waals surface area contributed by atoms with E-state index in [1.807, 2.05) is 61.5 Å². The minimum absolute atomic E-state index is 0.149. The summed E-state index contributed by atoms with van der Waals surface area (Å²) in [6.45, 7) is 3.87. The quantitative estimate of drug-likeness (QED) is 0.229. The van der Waals surface area contributed by atoms with E-state index in [0.29, 0.717) is 31.0 Å². The molecule has 1 aliphatic heterocycles. The molecule has 204 valence electrons. The van der Waals surface area contributed by atoms with E-state index in [9.17, 15) is 14.7 Å². The van der Waals surface area contributed by atoms with E-state index in [4.69, 9.17) is 4.74 Å². The minimum Gasteiger partial charge on any atom is -0.490 e. The fourth-order valence-electron chi connectivity index (χ4n) is 5.36. The number of hydrogen-bond acceptors (Lipinski definition) is 4. The molecule has 5 aromatic rings. The van der Waals surface area contributed by atoms with Gasteiger partial charge in [0.1, 0.15) is 12.4 Å². The van der Waals surface area contributed by atoms with E-state index in [0.717, 1.165) is 33.3 Å². The van der Waals surface area contributed by atoms with Gasteiger partial charge in [-0.05, 0) is 76.3 Å². The molecule has 0 fully saturated rings. The van der Waals surface area contributed by atoms with E-state index in [2.05, 4.69) is 52.7 Å². The lowest BCUT2D eigenvalue weighted by atomic mass is 9.98. The van der Waals surface area contributed by atoms with E-state index < -0.39 is 5.97 Å². The fraction of sp³-hybridized carbons (Fsp3) is 0.143. The maximum Gasteiger partial charge on any atom is 0.335 e. The second kappa shape index (κ2) is 11.2. The monoisotopic (exact) mass is 542 g/mol. The van der Waals surface area contributed by atoms with Gasteiger partial charge in [0.05, 0.1) is 23.8 Å². The van der Waals surface area contributed by atoms with Crippen molar-refractivity contribution >= 4 is 28.3 Å². The number of fused-ring (bicyclic) bond motifs is 2. The molecule has 2 N–H and O–H groups in total. The molecule has 1 heterocycles. The summed E-state index contributed by atoms with van der Waals surface area (Å²) >= 11 is 0. The Balaban J connectivity index is 1.19. The topological polar surface area (TPSA) is 78.9 Å². The first-order valence-electron chi connectivity index (χ1n) is 13.7. The van der Waals surface area contributed by atoms with Gasteiger partial charge in [0.2, 0.25) is 0 Å². The summed E-state index contributed by atoms with van der Waals surface area (Å²) in [5, 5.41) is 14.7. The second-order valence-electron chi connectivity index (χ2n) is 10.3. The number of carbonyl (C=O) groups excluding carboxylic acids is 1. The van der Waals surface area contributed by atoms with Crippen LogP contribution in [0.2, 0.25) is 0 Å². The predicted octanol–water partition coefficient (Wildman–Crippen LogP) is 7.10. The van der Waals surface area contributed by atoms with Crippen molar-refractivity contribution in [3.63, 3.8) is 0 Å². The Kier molecular flexibility index (Phi) is 7.13. The lowest BCUT2D eigenvalue weighted by Crippen LogP contribution is -2.33. The van der Waals surface area contributed by atoms with Crippen molar-refractivity contribution in [2.24, 2.45) is 0 Å². The first kappa shape index (κ1) is 26.1. The number of hydrogen-bond donors (Lipinski definition) is 2. The van der Waals surface area contributed by atoms with Gasteiger partial charge in [-0.1, -0.05) is 72.8 Å². The number of carboxylic acid groups (broad SMARTS) is 1. The third kappa shape index (κ3) is 5.50. The molecule has 0 bridgehead atoms. The molecule has 1 atom stereocenters. The van der Waals surface area contributed by atoms with Gasteiger partial charge in [0.15, 0.2) is 0 Å². The maximum atomic E-state index is 13.2. The minimum atomic E-state index is -0.939. The predicted molar refractivity (Wildman–Crippen MR) is 162 cm³/mol. The molecule has 0 saturated heterocycles. The lowest BCUT2D eigenvalue weighted by Gasteiger charge is -2.32. The van der Waals surface area contributed by atoms with Gasteiger partial charge in [-0.15, -0.1) is 0 Å². The zero-order valence-corrected chi connectivity index (χ0v) is 22.7. The number of carbonyl (C=O) groups is 2. The molecular formula is C35H30N2O4. The van der Waals surface area contributed by atoms with Gasteiger partial charge in [-0.3, -0.25) is 4.79 Å². The highest BCUT2D eigenvalue weighted by atomic mass is 16.5. The fourth-order valence-corrected chi connectivity index (χ4v) is 5.36. The molecule has 41 heavy (non-hydrogen) atoms. The molecule has 0 aliphatic carbocycles. The Morgan fingerprint density at radius 3 is 2.39 bits per heavy atom. The van der Waals surface area contributed by atoms with Crippen LogP contribution in [0.25, 0.3) is 21.9 Å². The van der Waals surface area contributed by atoms with Crippen LogP contribution in [0.1, 0.15) is 44.8 Å². The average molecular weight is 543 g/mol. The summed E-state index contributed by atoms with van der Waals surface area (Å²) in [5.41, 5.74) is 5.94. The van der Waals surface area contributed by atoms with Gasteiger partial charge in [-0.2, -0.15) is 0 Å². The zero-order chi connectivity index (χ0) is 28.3. The van der Waals surface area contributed by atoms with E-state index in [1.165, 1.54) is 5.39 Å². The first-order chi connectivity index (χ1) is 20.0. The summed E-state index contributed by atoms with van der Waals surface area (Å²) in [6.07, 6.45) is 0. The normalized spacial score (nSPS) is 13.2. The molecule has 6 heteroatoms. The molecule has 1 unspecified atom stereocenters. The number of aromatic carboxylic acids is 1. The third-order valence-corrected chi connectivity index (χ3v) is 7.62. The highest BCUT2D eigenvalue weighted by Gasteiger charge is 2.22. The number of ether oxygens (including phenoxy) is 1. The Morgan fingerprint density at radius 2 is 1.59 bits per heavy atom. The van der Waals surface area contributed by atoms with Crippen LogP contribution in [0, 0.1) is 0 Å². The molecule has 1 aliphatic rings. The van der Waals surface area contributed by atoms with Crippen molar-refractivity contribution in [1.82, 2.24) is 5.32 Å². The number of amides is 1. The van der Waals surface area contributed by atoms with Gasteiger partial charge in [0.25, 0.3) is 5.91 Å². The van der Waals surface area contributed by atoms with E-state index >= 15 is 0 Å². The second-order valence-corrected chi connectivity index (χ2v) is 10.3. The van der Waals surface area contributed by atoms with Gasteiger partial charge in [-0.25, -0.2) is 4.79 Å². The van der Waals surface area contributed by atoms with Crippen molar-refractivity contribution in [2.45, 2.75) is 19.5 Å². The van der Waals surface area contributed by atoms with Crippen LogP contribution in [0.5, 0.6) is 5.75 Å². The Bertz CT molecular complexity index is 1750. The Morgan fingerprint density at radius 1 is 0.854 bits per heavy atom. The number of carboxylic acids is 1. The third-order valence-electron chi connectivity index (χ3n) is 7.62. The smallest absolute Gasteiger partial charge is 0.335 e. The molecule has 0 saturated carbocycles. The largest absolute Gasteiger partial charge is 0.490 e. The summed E-state index contributed by atoms with van der Waals surface area (Å²) in [7, 11) is 0. The molecule has 0 aromatic heterocycles. The molecule has 6 nitrogen and oxygen atoms in total.